The van der Waals surface area contributed by atoms with Crippen molar-refractivity contribution >= 4 is 114 Å². The molecule has 3 aromatic heterocycles. The first kappa shape index (κ1) is 19.6. The Labute approximate surface area is 210 Å². The molecule has 0 spiro atoms. The number of benzene rings is 4. The van der Waals surface area contributed by atoms with Crippen LogP contribution in [-0.4, -0.2) is 29.9 Å². The van der Waals surface area contributed by atoms with Crippen LogP contribution in [-0.2, 0) is 0 Å². The lowest BCUT2D eigenvalue weighted by Crippen LogP contribution is -1.99. The van der Waals surface area contributed by atoms with Gasteiger partial charge in [0.1, 0.15) is 49.7 Å². The van der Waals surface area contributed by atoms with E-state index >= 15 is 0 Å². The zero-order chi connectivity index (χ0) is 22.3. The van der Waals surface area contributed by atoms with E-state index < -0.39 is 0 Å². The monoisotopic (exact) mass is 618 g/mol. The van der Waals surface area contributed by atoms with Gasteiger partial charge in [-0.05, 0) is 84.2 Å². The van der Waals surface area contributed by atoms with Crippen molar-refractivity contribution in [1.82, 2.24) is 29.9 Å². The average Bonchev–Trinajstić information content (AvgIpc) is 2.82. The summed E-state index contributed by atoms with van der Waals surface area (Å²) in [4.78, 5) is 29.8. The van der Waals surface area contributed by atoms with Crippen LogP contribution in [0.5, 0.6) is 0 Å². The van der Waals surface area contributed by atoms with Crippen molar-refractivity contribution in [3.63, 3.8) is 0 Å². The number of hydrogen-bond acceptors (Lipinski definition) is 6. The summed E-state index contributed by atoms with van der Waals surface area (Å²) in [6, 6.07) is 17.5. The minimum absolute atomic E-state index is 0.645. The van der Waals surface area contributed by atoms with Crippen LogP contribution in [0, 0.1) is 0 Å². The first-order valence-electron chi connectivity index (χ1n) is 9.98. The summed E-state index contributed by atoms with van der Waals surface area (Å²) in [5.74, 6) is 0. The van der Waals surface area contributed by atoms with Crippen LogP contribution in [0.2, 0.25) is 0 Å². The van der Waals surface area contributed by atoms with E-state index in [0.29, 0.717) is 33.1 Å². The summed E-state index contributed by atoms with van der Waals surface area (Å²) >= 11 is 10.8. The third-order valence-electron chi connectivity index (χ3n) is 5.61. The normalized spacial score (nSPS) is 12.1. The second kappa shape index (κ2) is 7.06. The van der Waals surface area contributed by atoms with Gasteiger partial charge in [0.25, 0.3) is 0 Å². The van der Waals surface area contributed by atoms with Gasteiger partial charge in [-0.3, -0.25) is 0 Å². The minimum Gasteiger partial charge on any atom is -0.242 e. The Kier molecular flexibility index (Phi) is 4.19. The molecule has 156 valence electrons. The fraction of sp³-hybridized carbons (Fsp3) is 0. The third kappa shape index (κ3) is 2.82. The molecule has 0 fully saturated rings. The molecule has 0 amide bonds. The van der Waals surface area contributed by atoms with E-state index in [1.54, 1.807) is 0 Å². The van der Waals surface area contributed by atoms with Crippen LogP contribution >= 0.6 is 47.8 Å². The minimum atomic E-state index is 0.645. The number of para-hydroxylation sites is 3. The molecule has 7 aromatic rings. The summed E-state index contributed by atoms with van der Waals surface area (Å²) in [5, 5.41) is 0. The molecular formula is C24H9Br3N6. The van der Waals surface area contributed by atoms with Gasteiger partial charge in [-0.1, -0.05) is 18.2 Å². The Morgan fingerprint density at radius 2 is 0.606 bits per heavy atom. The molecule has 33 heavy (non-hydrogen) atoms. The van der Waals surface area contributed by atoms with Gasteiger partial charge in [-0.2, -0.15) is 0 Å². The highest BCUT2D eigenvalue weighted by Crippen LogP contribution is 2.35. The van der Waals surface area contributed by atoms with Crippen LogP contribution in [0.3, 0.4) is 0 Å². The predicted octanol–water partition coefficient (Wildman–Crippen LogP) is 7.26. The SMILES string of the molecule is Brc1cccc2nc3c4nc5c(Br)cccc5nc4c4nc5c(Br)cccc5nc4c3nc12. The Balaban J connectivity index is 1.82. The summed E-state index contributed by atoms with van der Waals surface area (Å²) < 4.78 is 2.60. The maximum Gasteiger partial charge on any atom is 0.120 e. The van der Waals surface area contributed by atoms with Crippen LogP contribution in [0.15, 0.2) is 68.0 Å². The van der Waals surface area contributed by atoms with Gasteiger partial charge in [0.05, 0.1) is 16.6 Å². The molecule has 6 nitrogen and oxygen atoms in total. The Morgan fingerprint density at radius 3 is 0.909 bits per heavy atom. The molecule has 0 unspecified atom stereocenters. The fourth-order valence-electron chi connectivity index (χ4n) is 4.12. The highest BCUT2D eigenvalue weighted by atomic mass is 79.9. The van der Waals surface area contributed by atoms with Gasteiger partial charge in [0.2, 0.25) is 0 Å². The molecule has 0 saturated heterocycles. The number of rotatable bonds is 0. The second-order valence-corrected chi connectivity index (χ2v) is 10.1. The Bertz CT molecular complexity index is 1720. The zero-order valence-corrected chi connectivity index (χ0v) is 21.3. The average molecular weight is 621 g/mol. The first-order valence-corrected chi connectivity index (χ1v) is 12.4. The largest absolute Gasteiger partial charge is 0.242 e. The van der Waals surface area contributed by atoms with Gasteiger partial charge in [-0.15, -0.1) is 0 Å². The number of nitrogens with zero attached hydrogens (tertiary/aromatic N) is 6. The molecule has 7 rings (SSSR count). The van der Waals surface area contributed by atoms with Gasteiger partial charge < -0.3 is 0 Å². The molecule has 0 bridgehead atoms. The van der Waals surface area contributed by atoms with Crippen LogP contribution in [0.1, 0.15) is 0 Å². The molecule has 0 saturated carbocycles. The number of halogens is 3. The molecule has 0 aliphatic carbocycles. The van der Waals surface area contributed by atoms with Crippen molar-refractivity contribution in [1.29, 1.82) is 0 Å². The first-order chi connectivity index (χ1) is 16.1. The second-order valence-electron chi connectivity index (χ2n) is 7.59. The van der Waals surface area contributed by atoms with Gasteiger partial charge in [0.15, 0.2) is 0 Å². The van der Waals surface area contributed by atoms with Crippen LogP contribution < -0.4 is 0 Å². The molecule has 0 aliphatic rings. The van der Waals surface area contributed by atoms with Crippen LogP contribution in [0.4, 0.5) is 0 Å². The molecular weight excluding hydrogens is 612 g/mol. The maximum absolute atomic E-state index is 4.98. The van der Waals surface area contributed by atoms with E-state index in [-0.39, 0.29) is 0 Å². The van der Waals surface area contributed by atoms with E-state index in [0.717, 1.165) is 46.5 Å². The quantitative estimate of drug-likeness (QED) is 0.131. The molecule has 0 radical (unpaired) electrons. The molecule has 9 heteroatoms. The summed E-state index contributed by atoms with van der Waals surface area (Å²) in [6.45, 7) is 0. The van der Waals surface area contributed by atoms with E-state index in [4.69, 9.17) is 29.9 Å². The number of hydrogen-bond donors (Lipinski definition) is 0. The third-order valence-corrected chi connectivity index (χ3v) is 7.53. The Hall–Kier alpha value is -2.88. The smallest absolute Gasteiger partial charge is 0.120 e. The molecule has 4 aromatic carbocycles. The summed E-state index contributed by atoms with van der Waals surface area (Å²) in [6.07, 6.45) is 0. The molecule has 0 aliphatic heterocycles. The lowest BCUT2D eigenvalue weighted by molar-refractivity contribution is 1.33. The predicted molar refractivity (Wildman–Crippen MR) is 141 cm³/mol. The Morgan fingerprint density at radius 1 is 0.333 bits per heavy atom. The lowest BCUT2D eigenvalue weighted by atomic mass is 10.1. The lowest BCUT2D eigenvalue weighted by Gasteiger charge is -2.11. The van der Waals surface area contributed by atoms with E-state index in [1.165, 1.54) is 0 Å². The van der Waals surface area contributed by atoms with Crippen molar-refractivity contribution in [3.8, 4) is 0 Å². The number of fused-ring (bicyclic) bond motifs is 9. The summed E-state index contributed by atoms with van der Waals surface area (Å²) in [7, 11) is 0. The van der Waals surface area contributed by atoms with Gasteiger partial charge >= 0.3 is 0 Å². The molecule has 0 atom stereocenters. The zero-order valence-electron chi connectivity index (χ0n) is 16.5. The van der Waals surface area contributed by atoms with Crippen LogP contribution in [0.25, 0.3) is 66.2 Å². The van der Waals surface area contributed by atoms with E-state index in [9.17, 15) is 0 Å². The highest BCUT2D eigenvalue weighted by Gasteiger charge is 2.20. The van der Waals surface area contributed by atoms with Crippen molar-refractivity contribution in [2.45, 2.75) is 0 Å². The van der Waals surface area contributed by atoms with Gasteiger partial charge in [-0.25, -0.2) is 29.9 Å². The van der Waals surface area contributed by atoms with Gasteiger partial charge in [0, 0.05) is 13.4 Å². The molecule has 3 heterocycles. The van der Waals surface area contributed by atoms with E-state index in [2.05, 4.69) is 47.8 Å². The molecule has 0 N–H and O–H groups in total. The van der Waals surface area contributed by atoms with Crippen molar-refractivity contribution in [2.24, 2.45) is 0 Å². The van der Waals surface area contributed by atoms with Crippen molar-refractivity contribution in [2.75, 3.05) is 0 Å². The summed E-state index contributed by atoms with van der Waals surface area (Å²) in [5.41, 5.74) is 8.47. The highest BCUT2D eigenvalue weighted by molar-refractivity contribution is 9.11. The topological polar surface area (TPSA) is 77.3 Å². The standard InChI is InChI=1S/C24H9Br3N6/c25-10-4-1-7-13-16(10)31-22-19(28-13)23-21(30-14-8-2-5-11(26)17(14)32-23)24-20(22)29-15-9-3-6-12(27)18(15)33-24/h1-9H. The van der Waals surface area contributed by atoms with Crippen molar-refractivity contribution in [3.05, 3.63) is 68.0 Å². The van der Waals surface area contributed by atoms with E-state index in [1.807, 2.05) is 54.6 Å². The fourth-order valence-corrected chi connectivity index (χ4v) is 5.45. The van der Waals surface area contributed by atoms with Crippen molar-refractivity contribution < 1.29 is 0 Å². The maximum atomic E-state index is 4.98. The number of aromatic nitrogens is 6.